The number of hydrogen-bond acceptors (Lipinski definition) is 4. The van der Waals surface area contributed by atoms with E-state index in [1.54, 1.807) is 25.1 Å². The molecule has 0 saturated heterocycles. The molecule has 5 nitrogen and oxygen atoms in total. The van der Waals surface area contributed by atoms with E-state index in [2.05, 4.69) is 21.2 Å². The minimum Gasteiger partial charge on any atom is -0.316 e. The van der Waals surface area contributed by atoms with Crippen LogP contribution in [0.15, 0.2) is 34.1 Å². The van der Waals surface area contributed by atoms with E-state index in [0.29, 0.717) is 4.88 Å². The van der Waals surface area contributed by atoms with E-state index in [9.17, 15) is 14.9 Å². The van der Waals surface area contributed by atoms with Gasteiger partial charge in [-0.1, -0.05) is 6.07 Å². The minimum absolute atomic E-state index is 0.107. The van der Waals surface area contributed by atoms with E-state index in [1.165, 1.54) is 23.5 Å². The molecule has 1 aromatic heterocycles. The molecule has 1 amide bonds. The molecule has 2 aromatic rings. The standard InChI is InChI=1S/C12H9BrN2O3S/c1-7-2-3-8(9(6-7)15(17)18)14-12(16)10-4-5-11(13)19-10/h2-6H,1H3,(H,14,16). The SMILES string of the molecule is Cc1ccc(NC(=O)c2ccc(Br)s2)c([N+](=O)[O-])c1. The molecular weight excluding hydrogens is 332 g/mol. The van der Waals surface area contributed by atoms with Crippen molar-refractivity contribution in [2.24, 2.45) is 0 Å². The highest BCUT2D eigenvalue weighted by molar-refractivity contribution is 9.11. The summed E-state index contributed by atoms with van der Waals surface area (Å²) in [4.78, 5) is 22.9. The van der Waals surface area contributed by atoms with E-state index in [-0.39, 0.29) is 17.3 Å². The molecule has 1 aromatic carbocycles. The largest absolute Gasteiger partial charge is 0.316 e. The Balaban J connectivity index is 2.28. The second-order valence-electron chi connectivity index (χ2n) is 3.84. The molecule has 0 aliphatic carbocycles. The summed E-state index contributed by atoms with van der Waals surface area (Å²) in [5, 5.41) is 13.5. The van der Waals surface area contributed by atoms with Crippen molar-refractivity contribution >= 4 is 44.5 Å². The monoisotopic (exact) mass is 340 g/mol. The van der Waals surface area contributed by atoms with Crippen molar-refractivity contribution in [1.29, 1.82) is 0 Å². The average molecular weight is 341 g/mol. The van der Waals surface area contributed by atoms with Gasteiger partial charge in [0, 0.05) is 6.07 Å². The van der Waals surface area contributed by atoms with Crippen molar-refractivity contribution in [1.82, 2.24) is 0 Å². The Kier molecular flexibility index (Phi) is 3.96. The molecule has 7 heteroatoms. The van der Waals surface area contributed by atoms with Gasteiger partial charge in [0.1, 0.15) is 5.69 Å². The topological polar surface area (TPSA) is 72.2 Å². The molecule has 0 aliphatic rings. The second-order valence-corrected chi connectivity index (χ2v) is 6.30. The quantitative estimate of drug-likeness (QED) is 0.678. The number of anilines is 1. The van der Waals surface area contributed by atoms with Crippen LogP contribution in [-0.2, 0) is 0 Å². The van der Waals surface area contributed by atoms with Crippen molar-refractivity contribution in [3.8, 4) is 0 Å². The number of nitrogens with one attached hydrogen (secondary N) is 1. The van der Waals surface area contributed by atoms with Gasteiger partial charge in [0.2, 0.25) is 0 Å². The average Bonchev–Trinajstić information content (AvgIpc) is 2.78. The van der Waals surface area contributed by atoms with Crippen LogP contribution in [-0.4, -0.2) is 10.8 Å². The Bertz CT molecular complexity index is 654. The van der Waals surface area contributed by atoms with Crippen LogP contribution < -0.4 is 5.32 Å². The fourth-order valence-corrected chi connectivity index (χ4v) is 2.80. The van der Waals surface area contributed by atoms with Crippen LogP contribution in [0.25, 0.3) is 0 Å². The number of nitro benzene ring substituents is 1. The minimum atomic E-state index is -0.507. The fourth-order valence-electron chi connectivity index (χ4n) is 1.52. The predicted octanol–water partition coefficient (Wildman–Crippen LogP) is 3.98. The maximum Gasteiger partial charge on any atom is 0.293 e. The summed E-state index contributed by atoms with van der Waals surface area (Å²) in [6.07, 6.45) is 0. The molecule has 98 valence electrons. The first-order valence-corrected chi connectivity index (χ1v) is 6.90. The van der Waals surface area contributed by atoms with Crippen molar-refractivity contribution in [2.75, 3.05) is 5.32 Å². The number of rotatable bonds is 3. The highest BCUT2D eigenvalue weighted by Gasteiger charge is 2.17. The molecule has 19 heavy (non-hydrogen) atoms. The molecule has 0 fully saturated rings. The van der Waals surface area contributed by atoms with E-state index >= 15 is 0 Å². The zero-order chi connectivity index (χ0) is 14.0. The first-order chi connectivity index (χ1) is 8.97. The van der Waals surface area contributed by atoms with Gasteiger partial charge in [0.25, 0.3) is 11.6 Å². The van der Waals surface area contributed by atoms with E-state index in [1.807, 2.05) is 0 Å². The molecule has 0 spiro atoms. The van der Waals surface area contributed by atoms with Crippen LogP contribution in [0, 0.1) is 17.0 Å². The zero-order valence-electron chi connectivity index (χ0n) is 9.84. The Morgan fingerprint density at radius 1 is 1.37 bits per heavy atom. The van der Waals surface area contributed by atoms with Crippen LogP contribution in [0.2, 0.25) is 0 Å². The zero-order valence-corrected chi connectivity index (χ0v) is 12.2. The van der Waals surface area contributed by atoms with Crippen molar-refractivity contribution in [3.05, 3.63) is 54.7 Å². The number of thiophene rings is 1. The Labute approximate surface area is 121 Å². The molecule has 2 rings (SSSR count). The third kappa shape index (κ3) is 3.18. The third-order valence-electron chi connectivity index (χ3n) is 2.40. The highest BCUT2D eigenvalue weighted by Crippen LogP contribution is 2.27. The van der Waals surface area contributed by atoms with Gasteiger partial charge in [-0.05, 0) is 46.6 Å². The molecular formula is C12H9BrN2O3S. The molecule has 0 bridgehead atoms. The summed E-state index contributed by atoms with van der Waals surface area (Å²) < 4.78 is 0.830. The van der Waals surface area contributed by atoms with Crippen LogP contribution in [0.5, 0.6) is 0 Å². The summed E-state index contributed by atoms with van der Waals surface area (Å²) in [7, 11) is 0. The maximum atomic E-state index is 11.9. The number of nitro groups is 1. The number of halogens is 1. The lowest BCUT2D eigenvalue weighted by atomic mass is 10.2. The van der Waals surface area contributed by atoms with Gasteiger partial charge in [-0.2, -0.15) is 0 Å². The van der Waals surface area contributed by atoms with Gasteiger partial charge in [0.15, 0.2) is 0 Å². The van der Waals surface area contributed by atoms with Crippen LogP contribution in [0.1, 0.15) is 15.2 Å². The molecule has 0 atom stereocenters. The summed E-state index contributed by atoms with van der Waals surface area (Å²) in [5.41, 5.74) is 0.859. The number of nitrogens with zero attached hydrogens (tertiary/aromatic N) is 1. The van der Waals surface area contributed by atoms with Crippen LogP contribution >= 0.6 is 27.3 Å². The number of aryl methyl sites for hydroxylation is 1. The summed E-state index contributed by atoms with van der Waals surface area (Å²) >= 11 is 4.53. The van der Waals surface area contributed by atoms with E-state index < -0.39 is 4.92 Å². The van der Waals surface area contributed by atoms with Gasteiger partial charge in [-0.3, -0.25) is 14.9 Å². The molecule has 0 aliphatic heterocycles. The molecule has 1 heterocycles. The summed E-state index contributed by atoms with van der Waals surface area (Å²) in [6, 6.07) is 8.09. The van der Waals surface area contributed by atoms with Gasteiger partial charge in [-0.25, -0.2) is 0 Å². The Morgan fingerprint density at radius 2 is 2.11 bits per heavy atom. The van der Waals surface area contributed by atoms with E-state index in [0.717, 1.165) is 9.35 Å². The van der Waals surface area contributed by atoms with Gasteiger partial charge in [0.05, 0.1) is 13.6 Å². The second kappa shape index (κ2) is 5.50. The number of benzene rings is 1. The van der Waals surface area contributed by atoms with Gasteiger partial charge in [-0.15, -0.1) is 11.3 Å². The van der Waals surface area contributed by atoms with Crippen molar-refractivity contribution in [3.63, 3.8) is 0 Å². The smallest absolute Gasteiger partial charge is 0.293 e. The molecule has 1 N–H and O–H groups in total. The first-order valence-electron chi connectivity index (χ1n) is 5.29. The number of carbonyl (C=O) groups excluding carboxylic acids is 1. The molecule has 0 unspecified atom stereocenters. The van der Waals surface area contributed by atoms with E-state index in [4.69, 9.17) is 0 Å². The van der Waals surface area contributed by atoms with Gasteiger partial charge >= 0.3 is 0 Å². The van der Waals surface area contributed by atoms with Crippen molar-refractivity contribution < 1.29 is 9.72 Å². The van der Waals surface area contributed by atoms with Gasteiger partial charge < -0.3 is 5.32 Å². The lowest BCUT2D eigenvalue weighted by Crippen LogP contribution is -2.11. The lowest BCUT2D eigenvalue weighted by molar-refractivity contribution is -0.384. The normalized spacial score (nSPS) is 10.2. The van der Waals surface area contributed by atoms with Crippen LogP contribution in [0.4, 0.5) is 11.4 Å². The molecule has 0 saturated carbocycles. The van der Waals surface area contributed by atoms with Crippen molar-refractivity contribution in [2.45, 2.75) is 6.92 Å². The number of amides is 1. The summed E-state index contributed by atoms with van der Waals surface area (Å²) in [6.45, 7) is 1.76. The summed E-state index contributed by atoms with van der Waals surface area (Å²) in [5.74, 6) is -0.359. The number of hydrogen-bond donors (Lipinski definition) is 1. The number of carbonyl (C=O) groups is 1. The predicted molar refractivity (Wildman–Crippen MR) is 77.8 cm³/mol. The highest BCUT2D eigenvalue weighted by atomic mass is 79.9. The Hall–Kier alpha value is -1.73. The first kappa shape index (κ1) is 13.7. The fraction of sp³-hybridized carbons (Fsp3) is 0.0833. The Morgan fingerprint density at radius 3 is 2.68 bits per heavy atom. The third-order valence-corrected chi connectivity index (χ3v) is 4.02. The van der Waals surface area contributed by atoms with Crippen LogP contribution in [0.3, 0.4) is 0 Å². The maximum absolute atomic E-state index is 11.9. The lowest BCUT2D eigenvalue weighted by Gasteiger charge is -2.05. The molecule has 0 radical (unpaired) electrons.